The van der Waals surface area contributed by atoms with Gasteiger partial charge in [-0.05, 0) is 6.07 Å². The van der Waals surface area contributed by atoms with Gasteiger partial charge in [-0.25, -0.2) is 0 Å². The van der Waals surface area contributed by atoms with Crippen LogP contribution in [0.15, 0.2) is 37.0 Å². The topological polar surface area (TPSA) is 59.4 Å². The molecular formula is C16H16N2O3. The fourth-order valence-corrected chi connectivity index (χ4v) is 2.39. The molecule has 0 saturated heterocycles. The Bertz CT molecular complexity index is 757. The van der Waals surface area contributed by atoms with Crippen LogP contribution in [0.1, 0.15) is 31.1 Å². The summed E-state index contributed by atoms with van der Waals surface area (Å²) in [7, 11) is 0. The lowest BCUT2D eigenvalue weighted by molar-refractivity contribution is -0.137. The monoisotopic (exact) mass is 284 g/mol. The molecule has 21 heavy (non-hydrogen) atoms. The summed E-state index contributed by atoms with van der Waals surface area (Å²) in [5.41, 5.74) is 1.57. The van der Waals surface area contributed by atoms with Gasteiger partial charge >= 0.3 is 0 Å². The highest BCUT2D eigenvalue weighted by Gasteiger charge is 2.22. The van der Waals surface area contributed by atoms with Crippen molar-refractivity contribution in [3.8, 4) is 0 Å². The Morgan fingerprint density at radius 2 is 1.62 bits per heavy atom. The number of hydrogen-bond acceptors (Lipinski definition) is 3. The van der Waals surface area contributed by atoms with Crippen molar-refractivity contribution in [3.05, 3.63) is 42.6 Å². The van der Waals surface area contributed by atoms with Gasteiger partial charge in [0.05, 0.1) is 11.2 Å². The molecule has 2 rings (SSSR count). The number of carbonyl (C=O) groups is 3. The van der Waals surface area contributed by atoms with Crippen LogP contribution in [0.2, 0.25) is 0 Å². The second-order valence-electron chi connectivity index (χ2n) is 4.77. The zero-order chi connectivity index (χ0) is 15.7. The van der Waals surface area contributed by atoms with Gasteiger partial charge in [-0.1, -0.05) is 24.8 Å². The average Bonchev–Trinajstić information content (AvgIpc) is 2.77. The Morgan fingerprint density at radius 1 is 1.05 bits per heavy atom. The molecule has 0 N–H and O–H groups in total. The van der Waals surface area contributed by atoms with E-state index < -0.39 is 11.8 Å². The molecule has 1 aromatic heterocycles. The number of nitrogens with zero attached hydrogens (tertiary/aromatic N) is 2. The second kappa shape index (κ2) is 5.36. The van der Waals surface area contributed by atoms with E-state index in [1.165, 1.54) is 25.3 Å². The smallest absolute Gasteiger partial charge is 0.230 e. The largest absolute Gasteiger partial charge is 0.287 e. The highest BCUT2D eigenvalue weighted by atomic mass is 16.2. The Balaban J connectivity index is 2.67. The summed E-state index contributed by atoms with van der Waals surface area (Å²) in [5.74, 6) is -0.971. The lowest BCUT2D eigenvalue weighted by Gasteiger charge is -2.19. The number of hydrogen-bond donors (Lipinski definition) is 0. The number of benzene rings is 1. The van der Waals surface area contributed by atoms with Crippen LogP contribution in [0.3, 0.4) is 0 Å². The Kier molecular flexibility index (Phi) is 3.76. The van der Waals surface area contributed by atoms with E-state index >= 15 is 0 Å². The van der Waals surface area contributed by atoms with Gasteiger partial charge < -0.3 is 0 Å². The molecule has 0 atom stereocenters. The molecule has 0 aliphatic carbocycles. The minimum Gasteiger partial charge on any atom is -0.287 e. The van der Waals surface area contributed by atoms with Crippen LogP contribution in [0.5, 0.6) is 0 Å². The summed E-state index contributed by atoms with van der Waals surface area (Å²) in [4.78, 5) is 36.0. The first-order valence-electron chi connectivity index (χ1n) is 6.46. The quantitative estimate of drug-likeness (QED) is 0.851. The molecule has 0 aliphatic rings. The number of carbonyl (C=O) groups excluding carboxylic acids is 3. The van der Waals surface area contributed by atoms with Crippen LogP contribution in [-0.4, -0.2) is 27.2 Å². The maximum absolute atomic E-state index is 11.7. The van der Waals surface area contributed by atoms with Gasteiger partial charge in [0.25, 0.3) is 0 Å². The van der Waals surface area contributed by atoms with Crippen molar-refractivity contribution in [2.24, 2.45) is 0 Å². The van der Waals surface area contributed by atoms with E-state index in [-0.39, 0.29) is 11.6 Å². The third-order valence-electron chi connectivity index (χ3n) is 3.26. The van der Waals surface area contributed by atoms with Crippen molar-refractivity contribution >= 4 is 34.3 Å². The summed E-state index contributed by atoms with van der Waals surface area (Å²) in [6.45, 7) is 7.91. The highest BCUT2D eigenvalue weighted by Crippen LogP contribution is 2.28. The van der Waals surface area contributed by atoms with Gasteiger partial charge in [0.15, 0.2) is 0 Å². The first-order valence-corrected chi connectivity index (χ1v) is 6.46. The van der Waals surface area contributed by atoms with Gasteiger partial charge in [-0.2, -0.15) is 0 Å². The van der Waals surface area contributed by atoms with Crippen molar-refractivity contribution in [1.29, 1.82) is 0 Å². The fraction of sp³-hybridized carbons (Fsp3) is 0.188. The van der Waals surface area contributed by atoms with Crippen molar-refractivity contribution in [3.63, 3.8) is 0 Å². The predicted octanol–water partition coefficient (Wildman–Crippen LogP) is 2.67. The summed E-state index contributed by atoms with van der Waals surface area (Å²) in [5, 5.41) is 0.769. The van der Waals surface area contributed by atoms with E-state index in [1.54, 1.807) is 12.3 Å². The van der Waals surface area contributed by atoms with E-state index in [9.17, 15) is 14.4 Å². The van der Waals surface area contributed by atoms with Crippen LogP contribution < -0.4 is 0 Å². The Labute approximate surface area is 122 Å². The molecule has 108 valence electrons. The predicted molar refractivity (Wildman–Crippen MR) is 80.5 cm³/mol. The molecule has 0 aliphatic heterocycles. The molecule has 1 heterocycles. The first-order chi connectivity index (χ1) is 9.84. The molecule has 0 unspecified atom stereocenters. The van der Waals surface area contributed by atoms with Gasteiger partial charge in [-0.3, -0.25) is 23.9 Å². The van der Waals surface area contributed by atoms with Crippen molar-refractivity contribution in [1.82, 2.24) is 9.47 Å². The van der Waals surface area contributed by atoms with E-state index in [4.69, 9.17) is 0 Å². The van der Waals surface area contributed by atoms with E-state index in [0.717, 1.165) is 10.3 Å². The second-order valence-corrected chi connectivity index (χ2v) is 4.77. The molecule has 2 aromatic rings. The third-order valence-corrected chi connectivity index (χ3v) is 3.26. The fourth-order valence-electron chi connectivity index (χ4n) is 2.39. The lowest BCUT2D eigenvalue weighted by Crippen LogP contribution is -2.31. The van der Waals surface area contributed by atoms with E-state index in [2.05, 4.69) is 6.58 Å². The molecule has 2 amide bonds. The standard InChI is InChI=1S/C16H16N2O3/c1-10(18(12(3)20)13(4)21)15-9-17(11(2)19)16-8-6-5-7-14(15)16/h5-9H,1H2,2-4H3. The first kappa shape index (κ1) is 14.7. The number of aromatic nitrogens is 1. The van der Waals surface area contributed by atoms with Crippen LogP contribution in [0, 0.1) is 0 Å². The SMILES string of the molecule is C=C(c1cn(C(C)=O)c2ccccc12)N(C(C)=O)C(C)=O. The zero-order valence-corrected chi connectivity index (χ0v) is 12.2. The van der Waals surface area contributed by atoms with Crippen LogP contribution in [0.25, 0.3) is 16.6 Å². The summed E-state index contributed by atoms with van der Waals surface area (Å²) in [6.07, 6.45) is 1.61. The zero-order valence-electron chi connectivity index (χ0n) is 12.2. The van der Waals surface area contributed by atoms with Crippen LogP contribution >= 0.6 is 0 Å². The molecule has 0 bridgehead atoms. The molecule has 5 heteroatoms. The summed E-state index contributed by atoms with van der Waals surface area (Å²) >= 11 is 0. The van der Waals surface area contributed by atoms with Crippen molar-refractivity contribution in [2.45, 2.75) is 20.8 Å². The molecule has 0 radical (unpaired) electrons. The van der Waals surface area contributed by atoms with E-state index in [1.807, 2.05) is 18.2 Å². The summed E-state index contributed by atoms with van der Waals surface area (Å²) in [6, 6.07) is 7.28. The molecular weight excluding hydrogens is 268 g/mol. The molecule has 0 spiro atoms. The van der Waals surface area contributed by atoms with Gasteiger partial charge in [0.1, 0.15) is 0 Å². The van der Waals surface area contributed by atoms with Crippen molar-refractivity contribution < 1.29 is 14.4 Å². The highest BCUT2D eigenvalue weighted by molar-refractivity contribution is 6.06. The van der Waals surface area contributed by atoms with Gasteiger partial charge in [0, 0.05) is 37.9 Å². The Morgan fingerprint density at radius 3 is 2.14 bits per heavy atom. The molecule has 1 aromatic carbocycles. The molecule has 0 saturated carbocycles. The number of amides is 2. The van der Waals surface area contributed by atoms with Crippen LogP contribution in [0.4, 0.5) is 0 Å². The minimum atomic E-state index is -0.410. The molecule has 5 nitrogen and oxygen atoms in total. The number of fused-ring (bicyclic) bond motifs is 1. The van der Waals surface area contributed by atoms with Gasteiger partial charge in [-0.15, -0.1) is 0 Å². The number of imide groups is 1. The molecule has 0 fully saturated rings. The van der Waals surface area contributed by atoms with Gasteiger partial charge in [0.2, 0.25) is 17.7 Å². The Hall–Kier alpha value is -2.69. The normalized spacial score (nSPS) is 10.4. The maximum atomic E-state index is 11.7. The third kappa shape index (κ3) is 2.50. The van der Waals surface area contributed by atoms with Crippen LogP contribution in [-0.2, 0) is 9.59 Å². The number of para-hydroxylation sites is 1. The maximum Gasteiger partial charge on any atom is 0.230 e. The summed E-state index contributed by atoms with van der Waals surface area (Å²) < 4.78 is 1.48. The number of rotatable bonds is 2. The van der Waals surface area contributed by atoms with Crippen molar-refractivity contribution in [2.75, 3.05) is 0 Å². The van der Waals surface area contributed by atoms with E-state index in [0.29, 0.717) is 11.1 Å². The lowest BCUT2D eigenvalue weighted by atomic mass is 10.1. The average molecular weight is 284 g/mol. The minimum absolute atomic E-state index is 0.151.